The average Bonchev–Trinajstić information content (AvgIpc) is 2.81. The first kappa shape index (κ1) is 14.5. The summed E-state index contributed by atoms with van der Waals surface area (Å²) < 4.78 is 3.43. The van der Waals surface area contributed by atoms with Crippen molar-refractivity contribution in [2.24, 2.45) is 0 Å². The van der Waals surface area contributed by atoms with Gasteiger partial charge in [0.15, 0.2) is 6.20 Å². The number of nitrogens with zero attached hydrogens (tertiary/aromatic N) is 2. The number of aryl methyl sites for hydroxylation is 1. The van der Waals surface area contributed by atoms with Gasteiger partial charge in [0.25, 0.3) is 6.33 Å². The first-order valence-electron chi connectivity index (χ1n) is 6.68. The lowest BCUT2D eigenvalue weighted by atomic mass is 10.1. The highest BCUT2D eigenvalue weighted by Crippen LogP contribution is 2.04. The highest BCUT2D eigenvalue weighted by Gasteiger charge is 2.07. The van der Waals surface area contributed by atoms with Crippen LogP contribution in [0.5, 0.6) is 0 Å². The standard InChI is InChI=1S/C14H23N2O2/c1-3-5-6-7-8-9-10-15-11-12-16(13-15)18-14(17)4-2/h4,11-13H,2-3,5-10H2,1H3/q+1. The Morgan fingerprint density at radius 2 is 2.06 bits per heavy atom. The van der Waals surface area contributed by atoms with Gasteiger partial charge in [-0.25, -0.2) is 9.36 Å². The lowest BCUT2D eigenvalue weighted by Gasteiger charge is -1.98. The topological polar surface area (TPSA) is 35.1 Å². The van der Waals surface area contributed by atoms with Crippen molar-refractivity contribution in [2.45, 2.75) is 52.0 Å². The van der Waals surface area contributed by atoms with Gasteiger partial charge in [-0.3, -0.25) is 4.84 Å². The minimum Gasteiger partial charge on any atom is -0.253 e. The van der Waals surface area contributed by atoms with Crippen LogP contribution in [0.25, 0.3) is 0 Å². The maximum Gasteiger partial charge on any atom is 0.380 e. The van der Waals surface area contributed by atoms with E-state index in [1.165, 1.54) is 36.8 Å². The highest BCUT2D eigenvalue weighted by atomic mass is 16.7. The van der Waals surface area contributed by atoms with E-state index in [-0.39, 0.29) is 0 Å². The van der Waals surface area contributed by atoms with Gasteiger partial charge in [-0.15, -0.1) is 0 Å². The summed E-state index contributed by atoms with van der Waals surface area (Å²) in [6.45, 7) is 6.54. The molecule has 18 heavy (non-hydrogen) atoms. The molecular formula is C14H23N2O2+. The molecule has 100 valence electrons. The number of hydrogen-bond donors (Lipinski definition) is 0. The molecule has 0 spiro atoms. The van der Waals surface area contributed by atoms with Crippen LogP contribution in [0.4, 0.5) is 0 Å². The molecule has 0 aromatic carbocycles. The van der Waals surface area contributed by atoms with Gasteiger partial charge < -0.3 is 0 Å². The second kappa shape index (κ2) is 8.50. The summed E-state index contributed by atoms with van der Waals surface area (Å²) in [4.78, 5) is 15.9. The Hall–Kier alpha value is -1.58. The molecule has 0 atom stereocenters. The van der Waals surface area contributed by atoms with Crippen molar-refractivity contribution < 1.29 is 14.2 Å². The summed E-state index contributed by atoms with van der Waals surface area (Å²) in [6, 6.07) is 0. The third-order valence-corrected chi connectivity index (χ3v) is 2.80. The summed E-state index contributed by atoms with van der Waals surface area (Å²) in [6.07, 6.45) is 14.2. The molecule has 1 rings (SSSR count). The van der Waals surface area contributed by atoms with Gasteiger partial charge in [0, 0.05) is 6.08 Å². The Labute approximate surface area is 109 Å². The van der Waals surface area contributed by atoms with E-state index in [9.17, 15) is 4.79 Å². The molecule has 0 amide bonds. The number of aromatic nitrogens is 2. The van der Waals surface area contributed by atoms with E-state index in [1.807, 2.05) is 10.8 Å². The van der Waals surface area contributed by atoms with E-state index in [0.29, 0.717) is 0 Å². The molecule has 0 bridgehead atoms. The van der Waals surface area contributed by atoms with Crippen LogP contribution >= 0.6 is 0 Å². The van der Waals surface area contributed by atoms with Crippen molar-refractivity contribution in [3.8, 4) is 0 Å². The van der Waals surface area contributed by atoms with Crippen LogP contribution in [0.2, 0.25) is 0 Å². The Kier molecular flexibility index (Phi) is 6.84. The van der Waals surface area contributed by atoms with Crippen LogP contribution < -0.4 is 9.40 Å². The van der Waals surface area contributed by atoms with Gasteiger partial charge in [-0.2, -0.15) is 0 Å². The van der Waals surface area contributed by atoms with Crippen LogP contribution in [0.15, 0.2) is 31.4 Å². The third-order valence-electron chi connectivity index (χ3n) is 2.80. The number of rotatable bonds is 9. The first-order chi connectivity index (χ1) is 8.76. The van der Waals surface area contributed by atoms with Crippen molar-refractivity contribution in [1.82, 2.24) is 4.73 Å². The fraction of sp³-hybridized carbons (Fsp3) is 0.571. The normalized spacial score (nSPS) is 10.3. The van der Waals surface area contributed by atoms with Crippen molar-refractivity contribution in [2.75, 3.05) is 0 Å². The van der Waals surface area contributed by atoms with E-state index >= 15 is 0 Å². The second-order valence-electron chi connectivity index (χ2n) is 4.39. The fourth-order valence-electron chi connectivity index (χ4n) is 1.78. The van der Waals surface area contributed by atoms with E-state index in [0.717, 1.165) is 19.0 Å². The summed E-state index contributed by atoms with van der Waals surface area (Å²) in [7, 11) is 0. The van der Waals surface area contributed by atoms with Gasteiger partial charge in [-0.1, -0.05) is 39.2 Å². The zero-order valence-corrected chi connectivity index (χ0v) is 11.2. The van der Waals surface area contributed by atoms with Crippen molar-refractivity contribution in [3.63, 3.8) is 0 Å². The second-order valence-corrected chi connectivity index (χ2v) is 4.39. The molecule has 4 nitrogen and oxygen atoms in total. The van der Waals surface area contributed by atoms with Crippen molar-refractivity contribution >= 4 is 5.97 Å². The SMILES string of the molecule is C=CC(=O)On1cc[n+](CCCCCCCC)c1. The van der Waals surface area contributed by atoms with Gasteiger partial charge in [0.05, 0.1) is 6.54 Å². The van der Waals surface area contributed by atoms with Crippen LogP contribution in [0.3, 0.4) is 0 Å². The van der Waals surface area contributed by atoms with E-state index in [4.69, 9.17) is 4.84 Å². The van der Waals surface area contributed by atoms with Crippen LogP contribution in [-0.4, -0.2) is 10.7 Å². The smallest absolute Gasteiger partial charge is 0.253 e. The molecule has 0 aliphatic carbocycles. The Bertz CT molecular complexity index is 372. The lowest BCUT2D eigenvalue weighted by molar-refractivity contribution is -0.697. The van der Waals surface area contributed by atoms with Gasteiger partial charge >= 0.3 is 5.97 Å². The molecule has 0 N–H and O–H groups in total. The molecular weight excluding hydrogens is 228 g/mol. The predicted octanol–water partition coefficient (Wildman–Crippen LogP) is 2.28. The molecule has 1 aromatic heterocycles. The minimum atomic E-state index is -0.447. The molecule has 0 aliphatic rings. The van der Waals surface area contributed by atoms with E-state index in [2.05, 4.69) is 13.5 Å². The molecule has 0 unspecified atom stereocenters. The van der Waals surface area contributed by atoms with Gasteiger partial charge in [0.2, 0.25) is 0 Å². The first-order valence-corrected chi connectivity index (χ1v) is 6.68. The fourth-order valence-corrected chi connectivity index (χ4v) is 1.78. The number of hydrogen-bond acceptors (Lipinski definition) is 2. The van der Waals surface area contributed by atoms with E-state index < -0.39 is 5.97 Å². The molecule has 4 heteroatoms. The molecule has 1 aromatic rings. The van der Waals surface area contributed by atoms with Gasteiger partial charge in [0.1, 0.15) is 6.20 Å². The quantitative estimate of drug-likeness (QED) is 0.383. The lowest BCUT2D eigenvalue weighted by Crippen LogP contribution is -2.31. The Morgan fingerprint density at radius 3 is 2.78 bits per heavy atom. The van der Waals surface area contributed by atoms with Crippen molar-refractivity contribution in [1.29, 1.82) is 0 Å². The van der Waals surface area contributed by atoms with Gasteiger partial charge in [-0.05, 0) is 17.6 Å². The maximum absolute atomic E-state index is 11.0. The monoisotopic (exact) mass is 251 g/mol. The largest absolute Gasteiger partial charge is 0.380 e. The molecule has 0 saturated carbocycles. The van der Waals surface area contributed by atoms with E-state index in [1.54, 1.807) is 12.5 Å². The summed E-state index contributed by atoms with van der Waals surface area (Å²) >= 11 is 0. The number of unbranched alkanes of at least 4 members (excludes halogenated alkanes) is 5. The number of imidazole rings is 1. The molecule has 0 radical (unpaired) electrons. The predicted molar refractivity (Wildman–Crippen MR) is 69.8 cm³/mol. The summed E-state index contributed by atoms with van der Waals surface area (Å²) in [5.41, 5.74) is 0. The summed E-state index contributed by atoms with van der Waals surface area (Å²) in [5.74, 6) is -0.447. The van der Waals surface area contributed by atoms with Crippen LogP contribution in [0.1, 0.15) is 45.4 Å². The minimum absolute atomic E-state index is 0.447. The van der Waals surface area contributed by atoms with Crippen LogP contribution in [-0.2, 0) is 11.3 Å². The maximum atomic E-state index is 11.0. The molecule has 0 aliphatic heterocycles. The molecule has 0 fully saturated rings. The molecule has 1 heterocycles. The zero-order valence-electron chi connectivity index (χ0n) is 11.2. The van der Waals surface area contributed by atoms with Crippen molar-refractivity contribution in [3.05, 3.63) is 31.4 Å². The summed E-state index contributed by atoms with van der Waals surface area (Å²) in [5, 5.41) is 0. The highest BCUT2D eigenvalue weighted by molar-refractivity contribution is 5.81. The third kappa shape index (κ3) is 5.66. The Balaban J connectivity index is 2.19. The number of carbonyl (C=O) groups is 1. The molecule has 0 saturated heterocycles. The van der Waals surface area contributed by atoms with Crippen LogP contribution in [0, 0.1) is 0 Å². The number of carbonyl (C=O) groups excluding carboxylic acids is 1. The Morgan fingerprint density at radius 1 is 1.33 bits per heavy atom. The zero-order chi connectivity index (χ0) is 13.2. The average molecular weight is 251 g/mol.